The Bertz CT molecular complexity index is 625. The van der Waals surface area contributed by atoms with E-state index in [2.05, 4.69) is 0 Å². The van der Waals surface area contributed by atoms with Crippen molar-refractivity contribution < 1.29 is 18.3 Å². The predicted octanol–water partition coefficient (Wildman–Crippen LogP) is 2.55. The molecule has 1 aromatic carbocycles. The number of halogens is 1. The topological polar surface area (TPSA) is 74.7 Å². The minimum atomic E-state index is -3.61. The van der Waals surface area contributed by atoms with Crippen LogP contribution in [0.5, 0.6) is 0 Å². The van der Waals surface area contributed by atoms with Crippen LogP contribution in [0.1, 0.15) is 36.5 Å². The van der Waals surface area contributed by atoms with Crippen molar-refractivity contribution in [1.82, 2.24) is 4.31 Å². The van der Waals surface area contributed by atoms with Gasteiger partial charge < -0.3 is 5.11 Å². The highest BCUT2D eigenvalue weighted by atomic mass is 127. The van der Waals surface area contributed by atoms with Crippen molar-refractivity contribution in [3.05, 3.63) is 27.3 Å². The van der Waals surface area contributed by atoms with Gasteiger partial charge in [0.2, 0.25) is 10.0 Å². The molecule has 110 valence electrons. The number of aromatic carboxylic acids is 1. The van der Waals surface area contributed by atoms with Crippen LogP contribution >= 0.6 is 22.6 Å². The third kappa shape index (κ3) is 3.15. The molecule has 0 bridgehead atoms. The number of hydrogen-bond acceptors (Lipinski definition) is 3. The second-order valence-electron chi connectivity index (χ2n) is 4.79. The lowest BCUT2D eigenvalue weighted by atomic mass is 10.2. The molecule has 0 atom stereocenters. The second-order valence-corrected chi connectivity index (χ2v) is 7.85. The summed E-state index contributed by atoms with van der Waals surface area (Å²) < 4.78 is 27.3. The van der Waals surface area contributed by atoms with Gasteiger partial charge in [-0.1, -0.05) is 6.92 Å². The summed E-state index contributed by atoms with van der Waals surface area (Å²) in [5.74, 6) is -1.11. The van der Waals surface area contributed by atoms with Crippen LogP contribution in [0, 0.1) is 3.57 Å². The molecule has 1 N–H and O–H groups in total. The van der Waals surface area contributed by atoms with Crippen LogP contribution in [0.4, 0.5) is 0 Å². The zero-order chi connectivity index (χ0) is 14.9. The molecule has 1 fully saturated rings. The van der Waals surface area contributed by atoms with Crippen molar-refractivity contribution in [3.63, 3.8) is 0 Å². The van der Waals surface area contributed by atoms with E-state index in [1.807, 2.05) is 29.5 Å². The molecule has 1 saturated carbocycles. The smallest absolute Gasteiger partial charge is 0.336 e. The molecule has 0 aromatic heterocycles. The second kappa shape index (κ2) is 5.98. The maximum Gasteiger partial charge on any atom is 0.336 e. The first-order valence-electron chi connectivity index (χ1n) is 6.42. The van der Waals surface area contributed by atoms with Crippen molar-refractivity contribution in [1.29, 1.82) is 0 Å². The van der Waals surface area contributed by atoms with Gasteiger partial charge in [0, 0.05) is 16.2 Å². The Labute approximate surface area is 132 Å². The van der Waals surface area contributed by atoms with Gasteiger partial charge >= 0.3 is 5.97 Å². The SMILES string of the molecule is CCCN(C1CC1)S(=O)(=O)c1ccc(I)c(C(=O)O)c1. The van der Waals surface area contributed by atoms with Crippen LogP contribution in [-0.4, -0.2) is 36.4 Å². The van der Waals surface area contributed by atoms with E-state index in [1.165, 1.54) is 22.5 Å². The molecule has 1 aliphatic rings. The monoisotopic (exact) mass is 409 g/mol. The van der Waals surface area contributed by atoms with Crippen LogP contribution in [-0.2, 0) is 10.0 Å². The molecule has 1 aromatic rings. The first-order valence-corrected chi connectivity index (χ1v) is 8.94. The highest BCUT2D eigenvalue weighted by Gasteiger charge is 2.37. The molecule has 0 heterocycles. The minimum Gasteiger partial charge on any atom is -0.478 e. The summed E-state index contributed by atoms with van der Waals surface area (Å²) in [6.07, 6.45) is 2.51. The van der Waals surface area contributed by atoms with Gasteiger partial charge in [-0.3, -0.25) is 0 Å². The predicted molar refractivity (Wildman–Crippen MR) is 83.3 cm³/mol. The molecule has 0 unspecified atom stereocenters. The van der Waals surface area contributed by atoms with Crippen LogP contribution in [0.15, 0.2) is 23.1 Å². The quantitative estimate of drug-likeness (QED) is 0.733. The number of benzene rings is 1. The largest absolute Gasteiger partial charge is 0.478 e. The molecule has 5 nitrogen and oxygen atoms in total. The zero-order valence-electron chi connectivity index (χ0n) is 11.0. The van der Waals surface area contributed by atoms with Gasteiger partial charge in [0.1, 0.15) is 0 Å². The fraction of sp³-hybridized carbons (Fsp3) is 0.462. The molecular weight excluding hydrogens is 393 g/mol. The number of sulfonamides is 1. The Hall–Kier alpha value is -0.670. The third-order valence-electron chi connectivity index (χ3n) is 3.17. The Morgan fingerprint density at radius 1 is 1.45 bits per heavy atom. The van der Waals surface area contributed by atoms with Crippen molar-refractivity contribution in [2.24, 2.45) is 0 Å². The first kappa shape index (κ1) is 15.7. The number of carboxylic acids is 1. The van der Waals surface area contributed by atoms with E-state index in [0.29, 0.717) is 10.1 Å². The molecule has 0 radical (unpaired) electrons. The normalized spacial score (nSPS) is 15.6. The van der Waals surface area contributed by atoms with E-state index in [1.54, 1.807) is 0 Å². The summed E-state index contributed by atoms with van der Waals surface area (Å²) in [6, 6.07) is 4.35. The Balaban J connectivity index is 2.42. The van der Waals surface area contributed by atoms with E-state index < -0.39 is 16.0 Å². The summed E-state index contributed by atoms with van der Waals surface area (Å²) in [7, 11) is -3.61. The van der Waals surface area contributed by atoms with Gasteiger partial charge in [0.25, 0.3) is 0 Å². The average Bonchev–Trinajstić information content (AvgIpc) is 3.19. The molecular formula is C13H16INO4S. The molecule has 0 amide bonds. The number of rotatable bonds is 6. The average molecular weight is 409 g/mol. The van der Waals surface area contributed by atoms with Gasteiger partial charge in [-0.15, -0.1) is 0 Å². The Morgan fingerprint density at radius 3 is 2.60 bits per heavy atom. The molecule has 0 aliphatic heterocycles. The van der Waals surface area contributed by atoms with Crippen molar-refractivity contribution >= 4 is 38.6 Å². The lowest BCUT2D eigenvalue weighted by Crippen LogP contribution is -2.34. The van der Waals surface area contributed by atoms with Crippen LogP contribution in [0.2, 0.25) is 0 Å². The van der Waals surface area contributed by atoms with Gasteiger partial charge in [-0.05, 0) is 60.1 Å². The third-order valence-corrected chi connectivity index (χ3v) is 6.06. The van der Waals surface area contributed by atoms with Gasteiger partial charge in [-0.2, -0.15) is 4.31 Å². The van der Waals surface area contributed by atoms with E-state index >= 15 is 0 Å². The molecule has 7 heteroatoms. The van der Waals surface area contributed by atoms with Crippen molar-refractivity contribution in [3.8, 4) is 0 Å². The van der Waals surface area contributed by atoms with Crippen molar-refractivity contribution in [2.75, 3.05) is 6.54 Å². The number of hydrogen-bond donors (Lipinski definition) is 1. The zero-order valence-corrected chi connectivity index (χ0v) is 14.0. The summed E-state index contributed by atoms with van der Waals surface area (Å²) in [4.78, 5) is 11.2. The maximum absolute atomic E-state index is 12.6. The highest BCUT2D eigenvalue weighted by Crippen LogP contribution is 2.32. The maximum atomic E-state index is 12.6. The Morgan fingerprint density at radius 2 is 2.10 bits per heavy atom. The van der Waals surface area contributed by atoms with E-state index in [-0.39, 0.29) is 16.5 Å². The van der Waals surface area contributed by atoms with Crippen LogP contribution in [0.3, 0.4) is 0 Å². The summed E-state index contributed by atoms with van der Waals surface area (Å²) in [5.41, 5.74) is 0.0268. The molecule has 0 saturated heterocycles. The Kier molecular flexibility index (Phi) is 4.70. The summed E-state index contributed by atoms with van der Waals surface area (Å²) in [5, 5.41) is 9.11. The highest BCUT2D eigenvalue weighted by molar-refractivity contribution is 14.1. The molecule has 1 aliphatic carbocycles. The van der Waals surface area contributed by atoms with E-state index in [0.717, 1.165) is 19.3 Å². The van der Waals surface area contributed by atoms with Crippen molar-refractivity contribution in [2.45, 2.75) is 37.1 Å². The first-order chi connectivity index (χ1) is 9.37. The molecule has 0 spiro atoms. The minimum absolute atomic E-state index is 0.0268. The van der Waals surface area contributed by atoms with Crippen LogP contribution < -0.4 is 0 Å². The lowest BCUT2D eigenvalue weighted by Gasteiger charge is -2.21. The van der Waals surface area contributed by atoms with Gasteiger partial charge in [-0.25, -0.2) is 13.2 Å². The number of carboxylic acid groups (broad SMARTS) is 1. The molecule has 20 heavy (non-hydrogen) atoms. The fourth-order valence-electron chi connectivity index (χ4n) is 2.05. The summed E-state index contributed by atoms with van der Waals surface area (Å²) in [6.45, 7) is 2.41. The number of nitrogens with zero attached hydrogens (tertiary/aromatic N) is 1. The van der Waals surface area contributed by atoms with E-state index in [4.69, 9.17) is 5.11 Å². The van der Waals surface area contributed by atoms with Gasteiger partial charge in [0.05, 0.1) is 10.5 Å². The fourth-order valence-corrected chi connectivity index (χ4v) is 4.42. The van der Waals surface area contributed by atoms with Crippen LogP contribution in [0.25, 0.3) is 0 Å². The standard InChI is InChI=1S/C13H16INO4S/c1-2-7-15(9-3-4-9)20(18,19)10-5-6-12(14)11(8-10)13(16)17/h5-6,8-9H,2-4,7H2,1H3,(H,16,17). The van der Waals surface area contributed by atoms with E-state index in [9.17, 15) is 13.2 Å². The lowest BCUT2D eigenvalue weighted by molar-refractivity contribution is 0.0695. The number of carbonyl (C=O) groups is 1. The summed E-state index contributed by atoms with van der Waals surface area (Å²) >= 11 is 1.89. The molecule has 2 rings (SSSR count). The van der Waals surface area contributed by atoms with Gasteiger partial charge in [0.15, 0.2) is 0 Å².